The molecule has 1 aromatic heterocycles. The maximum atomic E-state index is 4.40. The molecular formula is C18H16N2. The van der Waals surface area contributed by atoms with Gasteiger partial charge in [-0.2, -0.15) is 0 Å². The van der Waals surface area contributed by atoms with Gasteiger partial charge in [0.15, 0.2) is 0 Å². The van der Waals surface area contributed by atoms with Crippen molar-refractivity contribution in [3.63, 3.8) is 0 Å². The van der Waals surface area contributed by atoms with E-state index in [1.165, 1.54) is 5.56 Å². The Morgan fingerprint density at radius 2 is 1.85 bits per heavy atom. The topological polar surface area (TPSA) is 24.9 Å². The van der Waals surface area contributed by atoms with Crippen molar-refractivity contribution in [2.75, 3.05) is 5.32 Å². The number of aryl methyl sites for hydroxylation is 1. The van der Waals surface area contributed by atoms with Crippen molar-refractivity contribution in [3.8, 4) is 0 Å². The van der Waals surface area contributed by atoms with Gasteiger partial charge in [0, 0.05) is 23.0 Å². The zero-order valence-corrected chi connectivity index (χ0v) is 11.4. The van der Waals surface area contributed by atoms with E-state index in [0.717, 1.165) is 27.8 Å². The zero-order chi connectivity index (χ0) is 13.9. The van der Waals surface area contributed by atoms with Crippen LogP contribution in [-0.4, -0.2) is 4.98 Å². The summed E-state index contributed by atoms with van der Waals surface area (Å²) in [6, 6.07) is 16.5. The maximum absolute atomic E-state index is 4.40. The Labute approximate surface area is 118 Å². The smallest absolute Gasteiger partial charge is 0.0723 e. The van der Waals surface area contributed by atoms with Gasteiger partial charge in [0.05, 0.1) is 5.52 Å². The molecule has 0 bridgehead atoms. The van der Waals surface area contributed by atoms with E-state index in [-0.39, 0.29) is 0 Å². The van der Waals surface area contributed by atoms with Crippen LogP contribution in [0.2, 0.25) is 0 Å². The second kappa shape index (κ2) is 5.17. The van der Waals surface area contributed by atoms with E-state index < -0.39 is 0 Å². The number of hydrogen-bond acceptors (Lipinski definition) is 2. The minimum Gasteiger partial charge on any atom is -0.355 e. The summed E-state index contributed by atoms with van der Waals surface area (Å²) in [7, 11) is 0. The molecule has 98 valence electrons. The normalized spacial score (nSPS) is 10.4. The van der Waals surface area contributed by atoms with Crippen LogP contribution in [0.15, 0.2) is 61.3 Å². The Balaban J connectivity index is 2.01. The summed E-state index contributed by atoms with van der Waals surface area (Å²) in [4.78, 5) is 4.40. The molecule has 0 radical (unpaired) electrons. The molecule has 3 rings (SSSR count). The third-order valence-electron chi connectivity index (χ3n) is 3.32. The fourth-order valence-corrected chi connectivity index (χ4v) is 2.23. The molecule has 2 heteroatoms. The van der Waals surface area contributed by atoms with Crippen LogP contribution in [0.5, 0.6) is 0 Å². The van der Waals surface area contributed by atoms with Gasteiger partial charge in [0.25, 0.3) is 0 Å². The standard InChI is InChI=1S/C18H16N2/c1-3-14-5-7-15(8-6-14)20-18-10-11-19-17-9-4-13(2)12-16(17)18/h3-12H,1H2,2H3,(H,19,20). The van der Waals surface area contributed by atoms with Crippen LogP contribution in [0, 0.1) is 6.92 Å². The second-order valence-corrected chi connectivity index (χ2v) is 4.83. The van der Waals surface area contributed by atoms with Crippen LogP contribution in [0.25, 0.3) is 17.0 Å². The molecule has 0 amide bonds. The van der Waals surface area contributed by atoms with Crippen molar-refractivity contribution in [3.05, 3.63) is 72.4 Å². The maximum Gasteiger partial charge on any atom is 0.0723 e. The highest BCUT2D eigenvalue weighted by Gasteiger charge is 2.02. The van der Waals surface area contributed by atoms with Gasteiger partial charge in [-0.1, -0.05) is 36.4 Å². The third-order valence-corrected chi connectivity index (χ3v) is 3.32. The van der Waals surface area contributed by atoms with Crippen LogP contribution in [-0.2, 0) is 0 Å². The zero-order valence-electron chi connectivity index (χ0n) is 11.4. The van der Waals surface area contributed by atoms with Crippen LogP contribution < -0.4 is 5.32 Å². The van der Waals surface area contributed by atoms with Crippen LogP contribution >= 0.6 is 0 Å². The molecule has 0 aliphatic carbocycles. The number of aromatic nitrogens is 1. The lowest BCUT2D eigenvalue weighted by Gasteiger charge is -2.10. The lowest BCUT2D eigenvalue weighted by Crippen LogP contribution is -1.93. The largest absolute Gasteiger partial charge is 0.355 e. The Morgan fingerprint density at radius 1 is 1.05 bits per heavy atom. The van der Waals surface area contributed by atoms with Crippen molar-refractivity contribution < 1.29 is 0 Å². The number of nitrogens with zero attached hydrogens (tertiary/aromatic N) is 1. The average molecular weight is 260 g/mol. The number of fused-ring (bicyclic) bond motifs is 1. The van der Waals surface area contributed by atoms with Gasteiger partial charge in [-0.3, -0.25) is 4.98 Å². The number of hydrogen-bond donors (Lipinski definition) is 1. The quantitative estimate of drug-likeness (QED) is 0.722. The number of benzene rings is 2. The van der Waals surface area contributed by atoms with Crippen LogP contribution in [0.3, 0.4) is 0 Å². The molecule has 3 aromatic rings. The Hall–Kier alpha value is -2.61. The summed E-state index contributed by atoms with van der Waals surface area (Å²) in [5.74, 6) is 0. The number of pyridine rings is 1. The van der Waals surface area contributed by atoms with E-state index in [0.29, 0.717) is 0 Å². The summed E-state index contributed by atoms with van der Waals surface area (Å²) in [6.45, 7) is 5.86. The number of anilines is 2. The van der Waals surface area contributed by atoms with E-state index in [1.54, 1.807) is 0 Å². The van der Waals surface area contributed by atoms with Gasteiger partial charge in [-0.15, -0.1) is 0 Å². The predicted molar refractivity (Wildman–Crippen MR) is 86.3 cm³/mol. The Bertz CT molecular complexity index is 758. The van der Waals surface area contributed by atoms with Gasteiger partial charge < -0.3 is 5.32 Å². The third kappa shape index (κ3) is 2.41. The summed E-state index contributed by atoms with van der Waals surface area (Å²) >= 11 is 0. The van der Waals surface area contributed by atoms with Gasteiger partial charge in [0.1, 0.15) is 0 Å². The van der Waals surface area contributed by atoms with E-state index in [2.05, 4.69) is 54.1 Å². The molecular weight excluding hydrogens is 244 g/mol. The van der Waals surface area contributed by atoms with Crippen molar-refractivity contribution in [1.82, 2.24) is 4.98 Å². The summed E-state index contributed by atoms with van der Waals surface area (Å²) in [5.41, 5.74) is 5.49. The van der Waals surface area contributed by atoms with Crippen LogP contribution in [0.4, 0.5) is 11.4 Å². The van der Waals surface area contributed by atoms with E-state index >= 15 is 0 Å². The van der Waals surface area contributed by atoms with Gasteiger partial charge in [-0.05, 0) is 42.8 Å². The molecule has 1 N–H and O–H groups in total. The minimum absolute atomic E-state index is 1.00. The SMILES string of the molecule is C=Cc1ccc(Nc2ccnc3ccc(C)cc23)cc1. The minimum atomic E-state index is 1.00. The summed E-state index contributed by atoms with van der Waals surface area (Å²) in [6.07, 6.45) is 3.67. The molecule has 0 fully saturated rings. The molecule has 2 nitrogen and oxygen atoms in total. The molecule has 20 heavy (non-hydrogen) atoms. The molecule has 1 heterocycles. The van der Waals surface area contributed by atoms with Gasteiger partial charge >= 0.3 is 0 Å². The molecule has 0 unspecified atom stereocenters. The van der Waals surface area contributed by atoms with Crippen molar-refractivity contribution in [2.45, 2.75) is 6.92 Å². The Morgan fingerprint density at radius 3 is 2.60 bits per heavy atom. The first-order valence-electron chi connectivity index (χ1n) is 6.61. The van der Waals surface area contributed by atoms with Gasteiger partial charge in [-0.25, -0.2) is 0 Å². The van der Waals surface area contributed by atoms with Gasteiger partial charge in [0.2, 0.25) is 0 Å². The first-order chi connectivity index (χ1) is 9.76. The molecule has 0 atom stereocenters. The Kier molecular flexibility index (Phi) is 3.21. The lowest BCUT2D eigenvalue weighted by atomic mass is 10.1. The number of nitrogens with one attached hydrogen (secondary N) is 1. The van der Waals surface area contributed by atoms with Crippen molar-refractivity contribution in [1.29, 1.82) is 0 Å². The highest BCUT2D eigenvalue weighted by molar-refractivity contribution is 5.93. The molecule has 0 aliphatic rings. The predicted octanol–water partition coefficient (Wildman–Crippen LogP) is 4.93. The van der Waals surface area contributed by atoms with E-state index in [4.69, 9.17) is 0 Å². The first kappa shape index (κ1) is 12.4. The molecule has 0 saturated carbocycles. The van der Waals surface area contributed by atoms with Crippen molar-refractivity contribution >= 4 is 28.4 Å². The monoisotopic (exact) mass is 260 g/mol. The summed E-state index contributed by atoms with van der Waals surface area (Å²) in [5, 5.41) is 4.59. The van der Waals surface area contributed by atoms with E-state index in [1.807, 2.05) is 30.5 Å². The van der Waals surface area contributed by atoms with Crippen molar-refractivity contribution in [2.24, 2.45) is 0 Å². The second-order valence-electron chi connectivity index (χ2n) is 4.83. The number of rotatable bonds is 3. The highest BCUT2D eigenvalue weighted by Crippen LogP contribution is 2.26. The van der Waals surface area contributed by atoms with Crippen LogP contribution in [0.1, 0.15) is 11.1 Å². The fraction of sp³-hybridized carbons (Fsp3) is 0.0556. The molecule has 0 aliphatic heterocycles. The average Bonchev–Trinajstić information content (AvgIpc) is 2.49. The highest BCUT2D eigenvalue weighted by atomic mass is 14.9. The first-order valence-corrected chi connectivity index (χ1v) is 6.61. The lowest BCUT2D eigenvalue weighted by molar-refractivity contribution is 1.39. The molecule has 2 aromatic carbocycles. The fourth-order valence-electron chi connectivity index (χ4n) is 2.23. The summed E-state index contributed by atoms with van der Waals surface area (Å²) < 4.78 is 0. The molecule has 0 spiro atoms. The molecule has 0 saturated heterocycles. The van der Waals surface area contributed by atoms with E-state index in [9.17, 15) is 0 Å².